The van der Waals surface area contributed by atoms with Crippen molar-refractivity contribution in [2.75, 3.05) is 21.1 Å². The molecule has 1 unspecified atom stereocenters. The average molecular weight is 288 g/mol. The fourth-order valence-corrected chi connectivity index (χ4v) is 1.87. The number of carbonyl (C=O) groups excluding carboxylic acids is 1. The molecule has 6 heteroatoms. The van der Waals surface area contributed by atoms with Crippen LogP contribution in [0.1, 0.15) is 23.1 Å². The summed E-state index contributed by atoms with van der Waals surface area (Å²) in [5, 5.41) is 7.10. The van der Waals surface area contributed by atoms with Crippen LogP contribution < -0.4 is 5.32 Å². The zero-order chi connectivity index (χ0) is 15.4. The maximum Gasteiger partial charge on any atom is 0.257 e. The van der Waals surface area contributed by atoms with Crippen molar-refractivity contribution in [2.45, 2.75) is 19.4 Å². The molecule has 0 saturated heterocycles. The molecule has 0 radical (unpaired) electrons. The summed E-state index contributed by atoms with van der Waals surface area (Å²) in [6.07, 6.45) is 0.691. The SMILES string of the molecule is CNC(C)Cc1noc(-c2cccc(C(=O)N(C)C)c2)n1. The van der Waals surface area contributed by atoms with Gasteiger partial charge in [-0.2, -0.15) is 4.98 Å². The van der Waals surface area contributed by atoms with Gasteiger partial charge in [0.1, 0.15) is 0 Å². The van der Waals surface area contributed by atoms with E-state index in [0.29, 0.717) is 23.7 Å². The van der Waals surface area contributed by atoms with Crippen molar-refractivity contribution < 1.29 is 9.32 Å². The maximum atomic E-state index is 12.0. The fraction of sp³-hybridized carbons (Fsp3) is 0.400. The van der Waals surface area contributed by atoms with Crippen molar-refractivity contribution in [1.29, 1.82) is 0 Å². The Labute approximate surface area is 124 Å². The Morgan fingerprint density at radius 2 is 2.19 bits per heavy atom. The molecule has 6 nitrogen and oxygen atoms in total. The largest absolute Gasteiger partial charge is 0.345 e. The topological polar surface area (TPSA) is 71.3 Å². The lowest BCUT2D eigenvalue weighted by Crippen LogP contribution is -2.24. The summed E-state index contributed by atoms with van der Waals surface area (Å²) in [7, 11) is 5.33. The number of likely N-dealkylation sites (N-methyl/N-ethyl adjacent to an activating group) is 1. The summed E-state index contributed by atoms with van der Waals surface area (Å²) in [4.78, 5) is 17.9. The van der Waals surface area contributed by atoms with Crippen molar-refractivity contribution in [1.82, 2.24) is 20.4 Å². The number of nitrogens with one attached hydrogen (secondary N) is 1. The van der Waals surface area contributed by atoms with Gasteiger partial charge in [-0.1, -0.05) is 11.2 Å². The highest BCUT2D eigenvalue weighted by Crippen LogP contribution is 2.19. The molecule has 0 spiro atoms. The van der Waals surface area contributed by atoms with Gasteiger partial charge in [-0.25, -0.2) is 0 Å². The third kappa shape index (κ3) is 3.66. The first-order valence-electron chi connectivity index (χ1n) is 6.83. The first-order chi connectivity index (χ1) is 10.0. The molecule has 0 aliphatic heterocycles. The Morgan fingerprint density at radius 3 is 2.86 bits per heavy atom. The van der Waals surface area contributed by atoms with E-state index in [1.54, 1.807) is 26.2 Å². The van der Waals surface area contributed by atoms with Crippen LogP contribution in [-0.4, -0.2) is 48.1 Å². The van der Waals surface area contributed by atoms with Gasteiger partial charge in [-0.05, 0) is 32.2 Å². The molecule has 0 bridgehead atoms. The number of rotatable bonds is 5. The number of amides is 1. The van der Waals surface area contributed by atoms with Crippen LogP contribution in [0, 0.1) is 0 Å². The summed E-state index contributed by atoms with van der Waals surface area (Å²) >= 11 is 0. The number of carbonyl (C=O) groups is 1. The molecule has 1 atom stereocenters. The van der Waals surface area contributed by atoms with E-state index in [4.69, 9.17) is 4.52 Å². The van der Waals surface area contributed by atoms with Gasteiger partial charge >= 0.3 is 0 Å². The Kier molecular flexibility index (Phi) is 4.70. The zero-order valence-electron chi connectivity index (χ0n) is 12.8. The molecule has 1 aromatic carbocycles. The summed E-state index contributed by atoms with van der Waals surface area (Å²) in [5.41, 5.74) is 1.35. The van der Waals surface area contributed by atoms with Crippen LogP contribution in [0.15, 0.2) is 28.8 Å². The fourth-order valence-electron chi connectivity index (χ4n) is 1.87. The van der Waals surface area contributed by atoms with Crippen LogP contribution in [-0.2, 0) is 6.42 Å². The van der Waals surface area contributed by atoms with Gasteiger partial charge in [0.05, 0.1) is 0 Å². The lowest BCUT2D eigenvalue weighted by atomic mass is 10.1. The highest BCUT2D eigenvalue weighted by Gasteiger charge is 2.14. The van der Waals surface area contributed by atoms with Crippen molar-refractivity contribution in [3.05, 3.63) is 35.7 Å². The number of nitrogens with zero attached hydrogens (tertiary/aromatic N) is 3. The molecular weight excluding hydrogens is 268 g/mol. The standard InChI is InChI=1S/C15H20N4O2/c1-10(16-2)8-13-17-14(21-18-13)11-6-5-7-12(9-11)15(20)19(3)4/h5-7,9-10,16H,8H2,1-4H3. The number of hydrogen-bond donors (Lipinski definition) is 1. The highest BCUT2D eigenvalue weighted by molar-refractivity contribution is 5.94. The van der Waals surface area contributed by atoms with Gasteiger partial charge < -0.3 is 14.7 Å². The Bertz CT molecular complexity index is 622. The maximum absolute atomic E-state index is 12.0. The van der Waals surface area contributed by atoms with Gasteiger partial charge in [0.15, 0.2) is 5.82 Å². The predicted molar refractivity (Wildman–Crippen MR) is 80.0 cm³/mol. The van der Waals surface area contributed by atoms with Gasteiger partial charge in [-0.3, -0.25) is 4.79 Å². The molecular formula is C15H20N4O2. The molecule has 1 heterocycles. The average Bonchev–Trinajstić information content (AvgIpc) is 2.94. The van der Waals surface area contributed by atoms with Crippen LogP contribution in [0.5, 0.6) is 0 Å². The molecule has 0 fully saturated rings. The summed E-state index contributed by atoms with van der Waals surface area (Å²) in [6.45, 7) is 2.05. The zero-order valence-corrected chi connectivity index (χ0v) is 12.8. The molecule has 0 aliphatic rings. The third-order valence-electron chi connectivity index (χ3n) is 3.21. The Balaban J connectivity index is 2.22. The second kappa shape index (κ2) is 6.49. The van der Waals surface area contributed by atoms with E-state index >= 15 is 0 Å². The quantitative estimate of drug-likeness (QED) is 0.904. The van der Waals surface area contributed by atoms with Gasteiger partial charge in [0.2, 0.25) is 0 Å². The summed E-state index contributed by atoms with van der Waals surface area (Å²) < 4.78 is 5.28. The molecule has 0 saturated carbocycles. The molecule has 21 heavy (non-hydrogen) atoms. The van der Waals surface area contributed by atoms with Crippen molar-refractivity contribution in [2.24, 2.45) is 0 Å². The first-order valence-corrected chi connectivity index (χ1v) is 6.83. The van der Waals surface area contributed by atoms with Gasteiger partial charge in [-0.15, -0.1) is 0 Å². The van der Waals surface area contributed by atoms with Crippen LogP contribution in [0.2, 0.25) is 0 Å². The molecule has 1 amide bonds. The lowest BCUT2D eigenvalue weighted by Gasteiger charge is -2.10. The normalized spacial score (nSPS) is 12.2. The summed E-state index contributed by atoms with van der Waals surface area (Å²) in [5.74, 6) is 1.03. The second-order valence-corrected chi connectivity index (χ2v) is 5.19. The van der Waals surface area contributed by atoms with E-state index < -0.39 is 0 Å². The van der Waals surface area contributed by atoms with Crippen molar-refractivity contribution in [3.8, 4) is 11.5 Å². The number of benzene rings is 1. The van der Waals surface area contributed by atoms with Crippen LogP contribution in [0.4, 0.5) is 0 Å². The minimum atomic E-state index is -0.0552. The Morgan fingerprint density at radius 1 is 1.43 bits per heavy atom. The lowest BCUT2D eigenvalue weighted by molar-refractivity contribution is 0.0827. The number of hydrogen-bond acceptors (Lipinski definition) is 5. The van der Waals surface area contributed by atoms with Crippen LogP contribution in [0.25, 0.3) is 11.5 Å². The third-order valence-corrected chi connectivity index (χ3v) is 3.21. The van der Waals surface area contributed by atoms with E-state index in [1.165, 1.54) is 4.90 Å². The van der Waals surface area contributed by atoms with E-state index in [2.05, 4.69) is 15.5 Å². The van der Waals surface area contributed by atoms with E-state index in [9.17, 15) is 4.79 Å². The molecule has 1 N–H and O–H groups in total. The van der Waals surface area contributed by atoms with E-state index in [1.807, 2.05) is 26.1 Å². The van der Waals surface area contributed by atoms with Crippen molar-refractivity contribution >= 4 is 5.91 Å². The molecule has 1 aromatic heterocycles. The summed E-state index contributed by atoms with van der Waals surface area (Å²) in [6, 6.07) is 7.47. The van der Waals surface area contributed by atoms with Crippen LogP contribution >= 0.6 is 0 Å². The predicted octanol–water partition coefficient (Wildman–Crippen LogP) is 1.59. The first kappa shape index (κ1) is 15.2. The second-order valence-electron chi connectivity index (χ2n) is 5.19. The smallest absolute Gasteiger partial charge is 0.257 e. The monoisotopic (exact) mass is 288 g/mol. The minimum absolute atomic E-state index is 0.0552. The van der Waals surface area contributed by atoms with Gasteiger partial charge in [0, 0.05) is 37.7 Å². The molecule has 0 aliphatic carbocycles. The van der Waals surface area contributed by atoms with E-state index in [0.717, 1.165) is 5.56 Å². The molecule has 2 rings (SSSR count). The van der Waals surface area contributed by atoms with Crippen LogP contribution in [0.3, 0.4) is 0 Å². The Hall–Kier alpha value is -2.21. The molecule has 2 aromatic rings. The highest BCUT2D eigenvalue weighted by atomic mass is 16.5. The van der Waals surface area contributed by atoms with E-state index in [-0.39, 0.29) is 11.9 Å². The minimum Gasteiger partial charge on any atom is -0.345 e. The van der Waals surface area contributed by atoms with Gasteiger partial charge in [0.25, 0.3) is 11.8 Å². The molecule has 112 valence electrons. The van der Waals surface area contributed by atoms with Crippen molar-refractivity contribution in [3.63, 3.8) is 0 Å². The number of aromatic nitrogens is 2.